The maximum absolute atomic E-state index is 11.3. The van der Waals surface area contributed by atoms with Gasteiger partial charge < -0.3 is 9.47 Å². The molecule has 0 aliphatic carbocycles. The maximum atomic E-state index is 11.3. The fourth-order valence-corrected chi connectivity index (χ4v) is 1.31. The first-order valence-corrected chi connectivity index (χ1v) is 5.80. The maximum Gasteiger partial charge on any atom is 0.336 e. The Morgan fingerprint density at radius 3 is 2.44 bits per heavy atom. The molecule has 0 aliphatic rings. The molecule has 96 valence electrons. The van der Waals surface area contributed by atoms with Crippen LogP contribution in [0.25, 0.3) is 0 Å². The summed E-state index contributed by atoms with van der Waals surface area (Å²) >= 11 is 11.5. The molecule has 0 unspecified atom stereocenters. The first kappa shape index (κ1) is 14.5. The second-order valence-corrected chi connectivity index (χ2v) is 3.90. The van der Waals surface area contributed by atoms with Gasteiger partial charge in [0.15, 0.2) is 0 Å². The number of hydrogen-bond acceptors (Lipinski definition) is 4. The van der Waals surface area contributed by atoms with Crippen molar-refractivity contribution in [3.63, 3.8) is 0 Å². The minimum absolute atomic E-state index is 0.239. The topological polar surface area (TPSA) is 52.6 Å². The van der Waals surface area contributed by atoms with E-state index in [1.165, 1.54) is 18.2 Å². The smallest absolute Gasteiger partial charge is 0.336 e. The van der Waals surface area contributed by atoms with E-state index in [9.17, 15) is 9.59 Å². The molecule has 0 bridgehead atoms. The average Bonchev–Trinajstić information content (AvgIpc) is 2.32. The van der Waals surface area contributed by atoms with Crippen LogP contribution in [-0.2, 0) is 14.3 Å². The van der Waals surface area contributed by atoms with Gasteiger partial charge in [0.2, 0.25) is 0 Å². The summed E-state index contributed by atoms with van der Waals surface area (Å²) in [6, 6.07) is 4.39. The van der Waals surface area contributed by atoms with Gasteiger partial charge in [0.25, 0.3) is 0 Å². The molecule has 0 amide bonds. The Kier molecular flexibility index (Phi) is 5.68. The SMILES string of the molecule is CCOC(=O)/C=C/C(=O)Oc1ccc(Cl)c(Cl)c1. The molecule has 0 N–H and O–H groups in total. The number of rotatable bonds is 4. The molecular weight excluding hydrogens is 279 g/mol. The van der Waals surface area contributed by atoms with E-state index in [4.69, 9.17) is 27.9 Å². The van der Waals surface area contributed by atoms with E-state index in [1.807, 2.05) is 0 Å². The van der Waals surface area contributed by atoms with Crippen molar-refractivity contribution in [1.82, 2.24) is 0 Å². The summed E-state index contributed by atoms with van der Waals surface area (Å²) in [7, 11) is 0. The van der Waals surface area contributed by atoms with Gasteiger partial charge in [-0.2, -0.15) is 0 Å². The molecule has 0 saturated carbocycles. The fourth-order valence-electron chi connectivity index (χ4n) is 1.02. The van der Waals surface area contributed by atoms with Gasteiger partial charge in [-0.25, -0.2) is 9.59 Å². The van der Waals surface area contributed by atoms with Gasteiger partial charge in [-0.3, -0.25) is 0 Å². The molecule has 0 radical (unpaired) electrons. The zero-order valence-corrected chi connectivity index (χ0v) is 11.0. The number of hydrogen-bond donors (Lipinski definition) is 0. The summed E-state index contributed by atoms with van der Waals surface area (Å²) in [5.74, 6) is -1.08. The minimum atomic E-state index is -0.707. The summed E-state index contributed by atoms with van der Waals surface area (Å²) in [4.78, 5) is 22.3. The van der Waals surface area contributed by atoms with Crippen LogP contribution in [0.15, 0.2) is 30.4 Å². The number of esters is 2. The molecule has 0 spiro atoms. The first-order chi connectivity index (χ1) is 8.52. The van der Waals surface area contributed by atoms with Crippen LogP contribution in [0.1, 0.15) is 6.92 Å². The predicted octanol–water partition coefficient (Wildman–Crippen LogP) is 3.02. The Balaban J connectivity index is 2.59. The molecular formula is C12H10Cl2O4. The Hall–Kier alpha value is -1.52. The second kappa shape index (κ2) is 7.03. The summed E-state index contributed by atoms with van der Waals surface area (Å²) in [6.45, 7) is 1.91. The van der Waals surface area contributed by atoms with E-state index in [1.54, 1.807) is 6.92 Å². The largest absolute Gasteiger partial charge is 0.463 e. The molecule has 18 heavy (non-hydrogen) atoms. The van der Waals surface area contributed by atoms with Crippen LogP contribution in [-0.4, -0.2) is 18.5 Å². The number of halogens is 2. The lowest BCUT2D eigenvalue weighted by Gasteiger charge is -2.02. The highest BCUT2D eigenvalue weighted by Crippen LogP contribution is 2.26. The Morgan fingerprint density at radius 1 is 1.17 bits per heavy atom. The van der Waals surface area contributed by atoms with Crippen molar-refractivity contribution in [3.8, 4) is 5.75 Å². The van der Waals surface area contributed by atoms with Crippen LogP contribution in [0.4, 0.5) is 0 Å². The van der Waals surface area contributed by atoms with Crippen molar-refractivity contribution >= 4 is 35.1 Å². The Labute approximate surface area is 114 Å². The second-order valence-electron chi connectivity index (χ2n) is 3.08. The van der Waals surface area contributed by atoms with Crippen molar-refractivity contribution in [2.24, 2.45) is 0 Å². The lowest BCUT2D eigenvalue weighted by Crippen LogP contribution is -2.06. The van der Waals surface area contributed by atoms with Crippen molar-refractivity contribution in [1.29, 1.82) is 0 Å². The Bertz CT molecular complexity index is 483. The van der Waals surface area contributed by atoms with Gasteiger partial charge in [-0.1, -0.05) is 23.2 Å². The number of benzene rings is 1. The van der Waals surface area contributed by atoms with Gasteiger partial charge in [0.05, 0.1) is 16.7 Å². The van der Waals surface area contributed by atoms with E-state index in [-0.39, 0.29) is 17.4 Å². The highest BCUT2D eigenvalue weighted by Gasteiger charge is 2.05. The standard InChI is InChI=1S/C12H10Cl2O4/c1-2-17-11(15)5-6-12(16)18-8-3-4-9(13)10(14)7-8/h3-7H,2H2,1H3/b6-5+. The molecule has 1 rings (SSSR count). The Morgan fingerprint density at radius 2 is 1.83 bits per heavy atom. The summed E-state index contributed by atoms with van der Waals surface area (Å²) in [6.07, 6.45) is 1.96. The number of carbonyl (C=O) groups excluding carboxylic acids is 2. The molecule has 1 aromatic rings. The highest BCUT2D eigenvalue weighted by atomic mass is 35.5. The van der Waals surface area contributed by atoms with E-state index in [2.05, 4.69) is 4.74 Å². The first-order valence-electron chi connectivity index (χ1n) is 5.04. The lowest BCUT2D eigenvalue weighted by molar-refractivity contribution is -0.138. The average molecular weight is 289 g/mol. The molecule has 0 aliphatic heterocycles. The van der Waals surface area contributed by atoms with Crippen LogP contribution in [0.3, 0.4) is 0 Å². The highest BCUT2D eigenvalue weighted by molar-refractivity contribution is 6.42. The monoisotopic (exact) mass is 288 g/mol. The normalized spacial score (nSPS) is 10.4. The minimum Gasteiger partial charge on any atom is -0.463 e. The molecule has 0 saturated heterocycles. The molecule has 0 heterocycles. The van der Waals surface area contributed by atoms with E-state index >= 15 is 0 Å². The van der Waals surface area contributed by atoms with E-state index < -0.39 is 11.9 Å². The number of carbonyl (C=O) groups is 2. The summed E-state index contributed by atoms with van der Waals surface area (Å²) in [5.41, 5.74) is 0. The third-order valence-corrected chi connectivity index (χ3v) is 2.49. The van der Waals surface area contributed by atoms with Crippen molar-refractivity contribution in [3.05, 3.63) is 40.4 Å². The molecule has 0 aromatic heterocycles. The van der Waals surface area contributed by atoms with E-state index in [0.717, 1.165) is 12.2 Å². The predicted molar refractivity (Wildman–Crippen MR) is 67.9 cm³/mol. The van der Waals surface area contributed by atoms with Gasteiger partial charge >= 0.3 is 11.9 Å². The van der Waals surface area contributed by atoms with Crippen molar-refractivity contribution in [2.45, 2.75) is 6.92 Å². The van der Waals surface area contributed by atoms with Gasteiger partial charge in [-0.15, -0.1) is 0 Å². The number of ether oxygens (including phenoxy) is 2. The van der Waals surface area contributed by atoms with Crippen molar-refractivity contribution in [2.75, 3.05) is 6.61 Å². The molecule has 0 fully saturated rings. The quantitative estimate of drug-likeness (QED) is 0.485. The van der Waals surface area contributed by atoms with Crippen LogP contribution in [0, 0.1) is 0 Å². The molecule has 1 aromatic carbocycles. The van der Waals surface area contributed by atoms with Gasteiger partial charge in [0.1, 0.15) is 5.75 Å². The molecule has 4 nitrogen and oxygen atoms in total. The van der Waals surface area contributed by atoms with E-state index in [0.29, 0.717) is 5.02 Å². The zero-order chi connectivity index (χ0) is 13.5. The third-order valence-electron chi connectivity index (χ3n) is 1.75. The fraction of sp³-hybridized carbons (Fsp3) is 0.167. The van der Waals surface area contributed by atoms with Crippen LogP contribution in [0.2, 0.25) is 10.0 Å². The van der Waals surface area contributed by atoms with Gasteiger partial charge in [0, 0.05) is 18.2 Å². The summed E-state index contributed by atoms with van der Waals surface area (Å²) in [5, 5.41) is 0.634. The zero-order valence-electron chi connectivity index (χ0n) is 9.48. The third kappa shape index (κ3) is 4.77. The van der Waals surface area contributed by atoms with Crippen LogP contribution < -0.4 is 4.74 Å². The van der Waals surface area contributed by atoms with Gasteiger partial charge in [-0.05, 0) is 19.1 Å². The lowest BCUT2D eigenvalue weighted by atomic mass is 10.3. The summed E-state index contributed by atoms with van der Waals surface area (Å²) < 4.78 is 9.51. The van der Waals surface area contributed by atoms with Crippen LogP contribution in [0.5, 0.6) is 5.75 Å². The molecule has 6 heteroatoms. The van der Waals surface area contributed by atoms with Crippen molar-refractivity contribution < 1.29 is 19.1 Å². The van der Waals surface area contributed by atoms with Crippen LogP contribution >= 0.6 is 23.2 Å². The molecule has 0 atom stereocenters.